The summed E-state index contributed by atoms with van der Waals surface area (Å²) < 4.78 is 5.37. The van der Waals surface area contributed by atoms with Gasteiger partial charge >= 0.3 is 0 Å². The molecule has 0 aliphatic carbocycles. The minimum Gasteiger partial charge on any atom is -0.482 e. The maximum atomic E-state index is 12.6. The molecule has 0 fully saturated rings. The molecule has 1 heterocycles. The Morgan fingerprint density at radius 3 is 2.52 bits per heavy atom. The number of nitrogens with one attached hydrogen (secondary N) is 1. The van der Waals surface area contributed by atoms with Crippen molar-refractivity contribution in [1.29, 1.82) is 0 Å². The van der Waals surface area contributed by atoms with Crippen molar-refractivity contribution in [3.8, 4) is 5.75 Å². The molecule has 1 N–H and O–H groups in total. The molecule has 1 aliphatic rings. The van der Waals surface area contributed by atoms with Gasteiger partial charge in [0, 0.05) is 38.9 Å². The second-order valence-electron chi connectivity index (χ2n) is 6.27. The highest BCUT2D eigenvalue weighted by atomic mass is 16.5. The Morgan fingerprint density at radius 1 is 1.12 bits per heavy atom. The molecule has 2 aromatic rings. The van der Waals surface area contributed by atoms with Crippen LogP contribution >= 0.6 is 0 Å². The lowest BCUT2D eigenvalue weighted by Crippen LogP contribution is -2.28. The van der Waals surface area contributed by atoms with E-state index in [-0.39, 0.29) is 18.4 Å². The standard InChI is InChI=1S/C19H21N3O3/c1-21(2)15-7-4-13(5-8-15)11-22(3)19(24)14-6-9-16-17(10-14)25-12-18(23)20-16/h4-10H,11-12H2,1-3H3,(H,20,23). The highest BCUT2D eigenvalue weighted by molar-refractivity contribution is 5.98. The Hall–Kier alpha value is -3.02. The number of rotatable bonds is 4. The van der Waals surface area contributed by atoms with Crippen LogP contribution in [0.3, 0.4) is 0 Å². The normalized spacial score (nSPS) is 12.7. The summed E-state index contributed by atoms with van der Waals surface area (Å²) >= 11 is 0. The fourth-order valence-corrected chi connectivity index (χ4v) is 2.67. The zero-order valence-electron chi connectivity index (χ0n) is 14.6. The minimum absolute atomic E-state index is 0.0291. The Kier molecular flexibility index (Phi) is 4.61. The number of carbonyl (C=O) groups is 2. The summed E-state index contributed by atoms with van der Waals surface area (Å²) in [5, 5.41) is 2.72. The molecule has 0 aromatic heterocycles. The highest BCUT2D eigenvalue weighted by Crippen LogP contribution is 2.29. The van der Waals surface area contributed by atoms with Crippen molar-refractivity contribution < 1.29 is 14.3 Å². The molecule has 1 aliphatic heterocycles. The van der Waals surface area contributed by atoms with E-state index >= 15 is 0 Å². The zero-order valence-corrected chi connectivity index (χ0v) is 14.6. The first-order chi connectivity index (χ1) is 11.9. The third-order valence-electron chi connectivity index (χ3n) is 4.08. The van der Waals surface area contributed by atoms with Gasteiger partial charge in [0.1, 0.15) is 5.75 Å². The lowest BCUT2D eigenvalue weighted by atomic mass is 10.1. The molecule has 2 amide bonds. The summed E-state index contributed by atoms with van der Waals surface area (Å²) in [6.07, 6.45) is 0. The lowest BCUT2D eigenvalue weighted by molar-refractivity contribution is -0.118. The van der Waals surface area contributed by atoms with Crippen LogP contribution in [0.25, 0.3) is 0 Å². The predicted octanol–water partition coefficient (Wildman–Crippen LogP) is 2.36. The zero-order chi connectivity index (χ0) is 18.0. The van der Waals surface area contributed by atoms with E-state index < -0.39 is 0 Å². The first-order valence-electron chi connectivity index (χ1n) is 8.02. The van der Waals surface area contributed by atoms with Crippen LogP contribution in [-0.4, -0.2) is 44.5 Å². The molecule has 25 heavy (non-hydrogen) atoms. The van der Waals surface area contributed by atoms with Crippen molar-refractivity contribution >= 4 is 23.2 Å². The summed E-state index contributed by atoms with van der Waals surface area (Å²) in [4.78, 5) is 27.6. The van der Waals surface area contributed by atoms with Gasteiger partial charge < -0.3 is 19.9 Å². The summed E-state index contributed by atoms with van der Waals surface area (Å²) in [6.45, 7) is 0.486. The molecule has 0 atom stereocenters. The maximum Gasteiger partial charge on any atom is 0.262 e. The molecule has 130 valence electrons. The number of nitrogens with zero attached hydrogens (tertiary/aromatic N) is 2. The van der Waals surface area contributed by atoms with Crippen molar-refractivity contribution in [2.45, 2.75) is 6.54 Å². The van der Waals surface area contributed by atoms with Gasteiger partial charge in [-0.3, -0.25) is 9.59 Å². The van der Waals surface area contributed by atoms with Gasteiger partial charge in [0.05, 0.1) is 5.69 Å². The monoisotopic (exact) mass is 339 g/mol. The van der Waals surface area contributed by atoms with Crippen LogP contribution < -0.4 is 15.0 Å². The van der Waals surface area contributed by atoms with Gasteiger partial charge in [-0.25, -0.2) is 0 Å². The Bertz CT molecular complexity index is 800. The number of hydrogen-bond donors (Lipinski definition) is 1. The molecule has 0 bridgehead atoms. The number of anilines is 2. The smallest absolute Gasteiger partial charge is 0.262 e. The maximum absolute atomic E-state index is 12.6. The number of fused-ring (bicyclic) bond motifs is 1. The average Bonchev–Trinajstić information content (AvgIpc) is 2.61. The van der Waals surface area contributed by atoms with E-state index in [2.05, 4.69) is 5.32 Å². The largest absolute Gasteiger partial charge is 0.482 e. The molecular weight excluding hydrogens is 318 g/mol. The third-order valence-corrected chi connectivity index (χ3v) is 4.08. The lowest BCUT2D eigenvalue weighted by Gasteiger charge is -2.21. The summed E-state index contributed by atoms with van der Waals surface area (Å²) in [6, 6.07) is 13.2. The van der Waals surface area contributed by atoms with Gasteiger partial charge in [-0.15, -0.1) is 0 Å². The molecule has 0 saturated heterocycles. The van der Waals surface area contributed by atoms with E-state index in [0.29, 0.717) is 23.5 Å². The van der Waals surface area contributed by atoms with Crippen LogP contribution in [0.2, 0.25) is 0 Å². The molecule has 0 unspecified atom stereocenters. The molecule has 0 radical (unpaired) electrons. The van der Waals surface area contributed by atoms with Crippen molar-refractivity contribution in [2.75, 3.05) is 38.0 Å². The van der Waals surface area contributed by atoms with Crippen LogP contribution in [0.15, 0.2) is 42.5 Å². The average molecular weight is 339 g/mol. The third kappa shape index (κ3) is 3.74. The predicted molar refractivity (Wildman–Crippen MR) is 97.1 cm³/mol. The summed E-state index contributed by atoms with van der Waals surface area (Å²) in [7, 11) is 5.75. The topological polar surface area (TPSA) is 61.9 Å². The Morgan fingerprint density at radius 2 is 1.84 bits per heavy atom. The van der Waals surface area contributed by atoms with Gasteiger partial charge in [-0.1, -0.05) is 12.1 Å². The number of amides is 2. The number of carbonyl (C=O) groups excluding carboxylic acids is 2. The van der Waals surface area contributed by atoms with Gasteiger partial charge in [-0.2, -0.15) is 0 Å². The molecule has 2 aromatic carbocycles. The van der Waals surface area contributed by atoms with Gasteiger partial charge in [-0.05, 0) is 35.9 Å². The summed E-state index contributed by atoms with van der Waals surface area (Å²) in [5.41, 5.74) is 3.30. The summed E-state index contributed by atoms with van der Waals surface area (Å²) in [5.74, 6) is 0.235. The second kappa shape index (κ2) is 6.84. The number of ether oxygens (including phenoxy) is 1. The van der Waals surface area contributed by atoms with E-state index in [0.717, 1.165) is 11.3 Å². The van der Waals surface area contributed by atoms with Crippen LogP contribution in [0.5, 0.6) is 5.75 Å². The Labute approximate surface area is 147 Å². The first-order valence-corrected chi connectivity index (χ1v) is 8.02. The van der Waals surface area contributed by atoms with Crippen LogP contribution in [-0.2, 0) is 11.3 Å². The van der Waals surface area contributed by atoms with E-state index in [1.54, 1.807) is 30.1 Å². The molecule has 6 heteroatoms. The van der Waals surface area contributed by atoms with E-state index in [1.807, 2.05) is 43.3 Å². The molecule has 6 nitrogen and oxygen atoms in total. The molecule has 0 spiro atoms. The van der Waals surface area contributed by atoms with Gasteiger partial charge in [0.2, 0.25) is 0 Å². The first kappa shape index (κ1) is 16.8. The van der Waals surface area contributed by atoms with E-state index in [4.69, 9.17) is 4.74 Å². The van der Waals surface area contributed by atoms with Crippen LogP contribution in [0.4, 0.5) is 11.4 Å². The number of hydrogen-bond acceptors (Lipinski definition) is 4. The minimum atomic E-state index is -0.190. The van der Waals surface area contributed by atoms with Crippen molar-refractivity contribution in [3.05, 3.63) is 53.6 Å². The van der Waals surface area contributed by atoms with Gasteiger partial charge in [0.15, 0.2) is 6.61 Å². The molecule has 3 rings (SSSR count). The fourth-order valence-electron chi connectivity index (χ4n) is 2.67. The fraction of sp³-hybridized carbons (Fsp3) is 0.263. The Balaban J connectivity index is 1.71. The quantitative estimate of drug-likeness (QED) is 0.929. The highest BCUT2D eigenvalue weighted by Gasteiger charge is 2.19. The number of benzene rings is 2. The van der Waals surface area contributed by atoms with E-state index in [1.165, 1.54) is 0 Å². The van der Waals surface area contributed by atoms with Gasteiger partial charge in [0.25, 0.3) is 11.8 Å². The molecule has 0 saturated carbocycles. The SMILES string of the molecule is CN(Cc1ccc(N(C)C)cc1)C(=O)c1ccc2c(c1)OCC(=O)N2. The van der Waals surface area contributed by atoms with E-state index in [9.17, 15) is 9.59 Å². The van der Waals surface area contributed by atoms with Crippen molar-refractivity contribution in [3.63, 3.8) is 0 Å². The van der Waals surface area contributed by atoms with Crippen LogP contribution in [0, 0.1) is 0 Å². The van der Waals surface area contributed by atoms with Crippen molar-refractivity contribution in [1.82, 2.24) is 4.90 Å². The van der Waals surface area contributed by atoms with Crippen molar-refractivity contribution in [2.24, 2.45) is 0 Å². The van der Waals surface area contributed by atoms with Crippen LogP contribution in [0.1, 0.15) is 15.9 Å². The second-order valence-corrected chi connectivity index (χ2v) is 6.27. The molecular formula is C19H21N3O3.